The van der Waals surface area contributed by atoms with E-state index >= 15 is 8.78 Å². The molecule has 202 valence electrons. The summed E-state index contributed by atoms with van der Waals surface area (Å²) >= 11 is 0. The first kappa shape index (κ1) is 26.4. The van der Waals surface area contributed by atoms with E-state index in [1.54, 1.807) is 36.6 Å². The molecule has 1 aromatic heterocycles. The molecule has 3 atom stereocenters. The molecule has 2 aromatic carbocycles. The normalized spacial score (nSPS) is 18.7. The Bertz CT molecular complexity index is 1460. The number of benzene rings is 2. The molecule has 10 heteroatoms. The third kappa shape index (κ3) is 5.50. The number of amides is 1. The molecule has 3 unspecified atom stereocenters. The zero-order valence-corrected chi connectivity index (χ0v) is 20.8. The Morgan fingerprint density at radius 1 is 1.13 bits per heavy atom. The molecule has 1 aliphatic heterocycles. The molecule has 7 nitrogen and oxygen atoms in total. The lowest BCUT2D eigenvalue weighted by molar-refractivity contribution is -0.169. The van der Waals surface area contributed by atoms with Crippen molar-refractivity contribution >= 4 is 22.9 Å². The van der Waals surface area contributed by atoms with Crippen molar-refractivity contribution in [1.29, 1.82) is 0 Å². The number of carboxylic acids is 1. The van der Waals surface area contributed by atoms with Gasteiger partial charge in [-0.1, -0.05) is 24.3 Å². The number of ether oxygens (including phenoxy) is 1. The second-order valence-corrected chi connectivity index (χ2v) is 9.73. The van der Waals surface area contributed by atoms with Gasteiger partial charge in [0.25, 0.3) is 0 Å². The van der Waals surface area contributed by atoms with E-state index < -0.39 is 41.9 Å². The predicted octanol–water partition coefficient (Wildman–Crippen LogP) is 5.26. The molecule has 1 amide bonds. The van der Waals surface area contributed by atoms with E-state index in [2.05, 4.69) is 15.3 Å². The van der Waals surface area contributed by atoms with Crippen LogP contribution in [-0.4, -0.2) is 45.5 Å². The van der Waals surface area contributed by atoms with Crippen molar-refractivity contribution in [2.75, 3.05) is 6.61 Å². The van der Waals surface area contributed by atoms with Crippen LogP contribution in [0, 0.1) is 5.82 Å². The molecule has 0 fully saturated rings. The SMILES string of the molecule is O=C(NC1CCCC2=C1C=COC2)C(CC(c1ccc(F)cc1)C(F)(F)C(=O)O)c1cnc2ccccc2n1. The van der Waals surface area contributed by atoms with Gasteiger partial charge in [-0.15, -0.1) is 0 Å². The van der Waals surface area contributed by atoms with E-state index in [1.165, 1.54) is 6.20 Å². The number of fused-ring (bicyclic) bond motifs is 1. The van der Waals surface area contributed by atoms with E-state index in [-0.39, 0.29) is 17.3 Å². The van der Waals surface area contributed by atoms with Crippen molar-refractivity contribution in [2.45, 2.75) is 49.5 Å². The Hall–Kier alpha value is -4.21. The molecule has 2 aliphatic rings. The summed E-state index contributed by atoms with van der Waals surface area (Å²) in [5.74, 6) is -11.0. The summed E-state index contributed by atoms with van der Waals surface area (Å²) in [5, 5.41) is 12.4. The van der Waals surface area contributed by atoms with Gasteiger partial charge in [-0.2, -0.15) is 8.78 Å². The number of aliphatic carboxylic acids is 1. The number of nitrogens with zero attached hydrogens (tertiary/aromatic N) is 2. The molecule has 5 rings (SSSR count). The fraction of sp³-hybridized carbons (Fsp3) is 0.310. The van der Waals surface area contributed by atoms with E-state index in [0.29, 0.717) is 24.1 Å². The lowest BCUT2D eigenvalue weighted by atomic mass is 9.81. The van der Waals surface area contributed by atoms with Gasteiger partial charge in [0.15, 0.2) is 0 Å². The van der Waals surface area contributed by atoms with Crippen LogP contribution in [-0.2, 0) is 14.3 Å². The highest BCUT2D eigenvalue weighted by atomic mass is 19.3. The molecule has 39 heavy (non-hydrogen) atoms. The molecule has 1 aliphatic carbocycles. The highest BCUT2D eigenvalue weighted by Crippen LogP contribution is 2.41. The number of carboxylic acid groups (broad SMARTS) is 1. The average molecular weight is 538 g/mol. The summed E-state index contributed by atoms with van der Waals surface area (Å²) in [6.07, 6.45) is 6.42. The summed E-state index contributed by atoms with van der Waals surface area (Å²) in [6.45, 7) is 0.426. The Morgan fingerprint density at radius 3 is 2.62 bits per heavy atom. The molecule has 3 aromatic rings. The highest BCUT2D eigenvalue weighted by molar-refractivity contribution is 5.85. The van der Waals surface area contributed by atoms with Crippen molar-refractivity contribution in [3.05, 3.63) is 95.3 Å². The molecule has 2 N–H and O–H groups in total. The molecule has 0 bridgehead atoms. The fourth-order valence-electron chi connectivity index (χ4n) is 5.22. The minimum Gasteiger partial charge on any atom is -0.497 e. The largest absolute Gasteiger partial charge is 0.497 e. The number of alkyl halides is 2. The zero-order chi connectivity index (χ0) is 27.6. The minimum absolute atomic E-state index is 0.106. The van der Waals surface area contributed by atoms with Crippen LogP contribution in [0.15, 0.2) is 78.2 Å². The highest BCUT2D eigenvalue weighted by Gasteiger charge is 2.50. The van der Waals surface area contributed by atoms with Gasteiger partial charge >= 0.3 is 11.9 Å². The number of carbonyl (C=O) groups excluding carboxylic acids is 1. The monoisotopic (exact) mass is 537 g/mol. The van der Waals surface area contributed by atoms with Crippen LogP contribution in [0.1, 0.15) is 48.8 Å². The van der Waals surface area contributed by atoms with Gasteiger partial charge in [-0.3, -0.25) is 9.78 Å². The van der Waals surface area contributed by atoms with Gasteiger partial charge in [-0.25, -0.2) is 14.2 Å². The Morgan fingerprint density at radius 2 is 1.87 bits per heavy atom. The summed E-state index contributed by atoms with van der Waals surface area (Å²) in [7, 11) is 0. The van der Waals surface area contributed by atoms with Crippen LogP contribution in [0.5, 0.6) is 0 Å². The second-order valence-electron chi connectivity index (χ2n) is 9.73. The van der Waals surface area contributed by atoms with Gasteiger partial charge in [0.05, 0.1) is 40.9 Å². The van der Waals surface area contributed by atoms with Gasteiger partial charge in [0, 0.05) is 6.20 Å². The maximum absolute atomic E-state index is 15.2. The molecule has 0 saturated carbocycles. The first-order chi connectivity index (χ1) is 18.7. The van der Waals surface area contributed by atoms with Crippen LogP contribution >= 0.6 is 0 Å². The Balaban J connectivity index is 1.54. The Labute approximate surface area is 222 Å². The average Bonchev–Trinajstić information content (AvgIpc) is 2.94. The predicted molar refractivity (Wildman–Crippen MR) is 137 cm³/mol. The summed E-state index contributed by atoms with van der Waals surface area (Å²) < 4.78 is 49.3. The molecular weight excluding hydrogens is 511 g/mol. The van der Waals surface area contributed by atoms with Crippen LogP contribution in [0.4, 0.5) is 13.2 Å². The number of para-hydroxylation sites is 2. The van der Waals surface area contributed by atoms with E-state index in [1.807, 2.05) is 0 Å². The summed E-state index contributed by atoms with van der Waals surface area (Å²) in [6, 6.07) is 10.8. The lowest BCUT2D eigenvalue weighted by Crippen LogP contribution is -2.43. The van der Waals surface area contributed by atoms with Gasteiger partial charge in [0.2, 0.25) is 5.91 Å². The van der Waals surface area contributed by atoms with Gasteiger partial charge < -0.3 is 15.2 Å². The number of hydrogen-bond acceptors (Lipinski definition) is 5. The molecule has 2 heterocycles. The number of carbonyl (C=O) groups is 2. The van der Waals surface area contributed by atoms with E-state index in [0.717, 1.165) is 48.3 Å². The smallest absolute Gasteiger partial charge is 0.375 e. The Kier molecular flexibility index (Phi) is 7.36. The van der Waals surface area contributed by atoms with Crippen LogP contribution in [0.3, 0.4) is 0 Å². The number of hydrogen-bond donors (Lipinski definition) is 2. The quantitative estimate of drug-likeness (QED) is 0.407. The molecular formula is C29H26F3N3O4. The van der Waals surface area contributed by atoms with Gasteiger partial charge in [-0.05, 0) is 72.7 Å². The van der Waals surface area contributed by atoms with E-state index in [9.17, 15) is 19.1 Å². The minimum atomic E-state index is -4.25. The van der Waals surface area contributed by atoms with Gasteiger partial charge in [0.1, 0.15) is 12.4 Å². The van der Waals surface area contributed by atoms with Crippen molar-refractivity contribution in [3.8, 4) is 0 Å². The summed E-state index contributed by atoms with van der Waals surface area (Å²) in [5.41, 5.74) is 3.04. The first-order valence-electron chi connectivity index (χ1n) is 12.6. The number of halogens is 3. The van der Waals surface area contributed by atoms with Crippen LogP contribution < -0.4 is 5.32 Å². The third-order valence-electron chi connectivity index (χ3n) is 7.28. The molecule has 0 radical (unpaired) electrons. The third-order valence-corrected chi connectivity index (χ3v) is 7.28. The number of rotatable bonds is 8. The first-order valence-corrected chi connectivity index (χ1v) is 12.6. The van der Waals surface area contributed by atoms with Crippen LogP contribution in [0.2, 0.25) is 0 Å². The zero-order valence-electron chi connectivity index (χ0n) is 20.8. The number of nitrogens with one attached hydrogen (secondary N) is 1. The van der Waals surface area contributed by atoms with Crippen LogP contribution in [0.25, 0.3) is 11.0 Å². The number of aromatic nitrogens is 2. The maximum atomic E-state index is 15.2. The fourth-order valence-corrected chi connectivity index (χ4v) is 5.22. The molecule has 0 spiro atoms. The van der Waals surface area contributed by atoms with Crippen molar-refractivity contribution in [2.24, 2.45) is 0 Å². The topological polar surface area (TPSA) is 101 Å². The standard InChI is InChI=1S/C29H26F3N3O4/c30-19-10-8-17(9-11-19)22(29(31,32)28(37)38)14-21(26-15-33-24-5-1-2-6-25(24)34-26)27(36)35-23-7-3-4-18-16-39-13-12-20(18)23/h1-2,5-6,8-13,15,21-23H,3-4,7,14,16H2,(H,35,36)(H,37,38). The van der Waals surface area contributed by atoms with Crippen molar-refractivity contribution < 1.29 is 32.6 Å². The second kappa shape index (κ2) is 10.9. The van der Waals surface area contributed by atoms with Crippen molar-refractivity contribution in [1.82, 2.24) is 15.3 Å². The summed E-state index contributed by atoms with van der Waals surface area (Å²) in [4.78, 5) is 34.4. The maximum Gasteiger partial charge on any atom is 0.375 e. The van der Waals surface area contributed by atoms with Crippen molar-refractivity contribution in [3.63, 3.8) is 0 Å². The lowest BCUT2D eigenvalue weighted by Gasteiger charge is -2.32. The molecule has 0 saturated heterocycles. The van der Waals surface area contributed by atoms with E-state index in [4.69, 9.17) is 4.74 Å².